The van der Waals surface area contributed by atoms with Gasteiger partial charge in [-0.3, -0.25) is 0 Å². The summed E-state index contributed by atoms with van der Waals surface area (Å²) in [7, 11) is 0. The summed E-state index contributed by atoms with van der Waals surface area (Å²) >= 11 is 0. The van der Waals surface area contributed by atoms with Crippen molar-refractivity contribution in [3.05, 3.63) is 12.3 Å². The van der Waals surface area contributed by atoms with Crippen LogP contribution in [0.4, 0.5) is 4.39 Å². The van der Waals surface area contributed by atoms with E-state index < -0.39 is 5.67 Å². The van der Waals surface area contributed by atoms with Crippen molar-refractivity contribution in [2.24, 2.45) is 5.92 Å². The Morgan fingerprint density at radius 2 is 2.07 bits per heavy atom. The van der Waals surface area contributed by atoms with E-state index in [-0.39, 0.29) is 0 Å². The third-order valence-electron chi connectivity index (χ3n) is 3.11. The SMILES string of the molecule is C=C(CC1CCC(C)(F)CC1)NCC. The highest BCUT2D eigenvalue weighted by Gasteiger charge is 2.30. The number of hydrogen-bond acceptors (Lipinski definition) is 1. The van der Waals surface area contributed by atoms with Crippen LogP contribution in [-0.2, 0) is 0 Å². The molecule has 0 unspecified atom stereocenters. The molecule has 1 rings (SSSR count). The standard InChI is InChI=1S/C12H22FN/c1-4-14-10(2)9-11-5-7-12(3,13)8-6-11/h11,14H,2,4-9H2,1,3H3. The van der Waals surface area contributed by atoms with E-state index >= 15 is 0 Å². The quantitative estimate of drug-likeness (QED) is 0.731. The van der Waals surface area contributed by atoms with Gasteiger partial charge in [-0.25, -0.2) is 4.39 Å². The van der Waals surface area contributed by atoms with Crippen molar-refractivity contribution >= 4 is 0 Å². The minimum atomic E-state index is -0.907. The molecule has 1 saturated carbocycles. The second-order valence-corrected chi connectivity index (χ2v) is 4.69. The number of rotatable bonds is 4. The van der Waals surface area contributed by atoms with Gasteiger partial charge in [0, 0.05) is 12.2 Å². The van der Waals surface area contributed by atoms with Crippen molar-refractivity contribution in [1.29, 1.82) is 0 Å². The average Bonchev–Trinajstić information content (AvgIpc) is 2.09. The van der Waals surface area contributed by atoms with Crippen molar-refractivity contribution < 1.29 is 4.39 Å². The van der Waals surface area contributed by atoms with Crippen LogP contribution in [0.1, 0.15) is 46.0 Å². The van der Waals surface area contributed by atoms with E-state index in [1.54, 1.807) is 6.92 Å². The van der Waals surface area contributed by atoms with Gasteiger partial charge in [0.05, 0.1) is 0 Å². The van der Waals surface area contributed by atoms with Gasteiger partial charge in [-0.2, -0.15) is 0 Å². The molecule has 1 aliphatic carbocycles. The summed E-state index contributed by atoms with van der Waals surface area (Å²) in [5, 5.41) is 3.23. The molecule has 0 amide bonds. The summed E-state index contributed by atoms with van der Waals surface area (Å²) in [4.78, 5) is 0. The van der Waals surface area contributed by atoms with Gasteiger partial charge in [-0.1, -0.05) is 6.58 Å². The molecule has 0 spiro atoms. The first kappa shape index (κ1) is 11.5. The Hall–Kier alpha value is -0.530. The molecule has 0 atom stereocenters. The predicted octanol–water partition coefficient (Wildman–Crippen LogP) is 3.42. The van der Waals surface area contributed by atoms with Crippen LogP contribution in [0.2, 0.25) is 0 Å². The van der Waals surface area contributed by atoms with Crippen LogP contribution in [0, 0.1) is 5.92 Å². The molecule has 14 heavy (non-hydrogen) atoms. The Kier molecular flexibility index (Phi) is 3.97. The van der Waals surface area contributed by atoms with Crippen LogP contribution in [0.25, 0.3) is 0 Å². The lowest BCUT2D eigenvalue weighted by Gasteiger charge is -2.31. The van der Waals surface area contributed by atoms with Crippen molar-refractivity contribution in [2.75, 3.05) is 6.54 Å². The van der Waals surface area contributed by atoms with Crippen LogP contribution < -0.4 is 5.32 Å². The van der Waals surface area contributed by atoms with E-state index in [2.05, 4.69) is 18.8 Å². The minimum absolute atomic E-state index is 0.644. The first-order valence-electron chi connectivity index (χ1n) is 5.64. The van der Waals surface area contributed by atoms with Gasteiger partial charge in [-0.15, -0.1) is 0 Å². The van der Waals surface area contributed by atoms with Gasteiger partial charge in [0.1, 0.15) is 5.67 Å². The number of alkyl halides is 1. The summed E-state index contributed by atoms with van der Waals surface area (Å²) in [6, 6.07) is 0. The maximum Gasteiger partial charge on any atom is 0.108 e. The predicted molar refractivity (Wildman–Crippen MR) is 58.9 cm³/mol. The van der Waals surface area contributed by atoms with Crippen LogP contribution >= 0.6 is 0 Å². The van der Waals surface area contributed by atoms with Crippen molar-refractivity contribution in [2.45, 2.75) is 51.6 Å². The molecule has 82 valence electrons. The Labute approximate surface area is 86.8 Å². The molecule has 1 fully saturated rings. The second kappa shape index (κ2) is 4.81. The van der Waals surface area contributed by atoms with Gasteiger partial charge in [0.25, 0.3) is 0 Å². The molecule has 0 aromatic carbocycles. The summed E-state index contributed by atoms with van der Waals surface area (Å²) in [6.45, 7) is 8.71. The fraction of sp³-hybridized carbons (Fsp3) is 0.833. The molecule has 1 nitrogen and oxygen atoms in total. The number of halogens is 1. The fourth-order valence-corrected chi connectivity index (χ4v) is 2.15. The lowest BCUT2D eigenvalue weighted by atomic mass is 9.79. The lowest BCUT2D eigenvalue weighted by Crippen LogP contribution is -2.27. The highest BCUT2D eigenvalue weighted by atomic mass is 19.1. The molecule has 1 N–H and O–H groups in total. The first-order valence-corrected chi connectivity index (χ1v) is 5.64. The van der Waals surface area contributed by atoms with Crippen molar-refractivity contribution in [3.63, 3.8) is 0 Å². The molecule has 0 bridgehead atoms. The molecular weight excluding hydrogens is 177 g/mol. The molecule has 0 aromatic rings. The second-order valence-electron chi connectivity index (χ2n) is 4.69. The molecule has 1 aliphatic rings. The zero-order valence-electron chi connectivity index (χ0n) is 9.41. The molecule has 0 saturated heterocycles. The zero-order chi connectivity index (χ0) is 10.6. The average molecular weight is 199 g/mol. The number of hydrogen-bond donors (Lipinski definition) is 1. The van der Waals surface area contributed by atoms with Crippen LogP contribution in [-0.4, -0.2) is 12.2 Å². The third kappa shape index (κ3) is 3.69. The zero-order valence-corrected chi connectivity index (χ0v) is 9.41. The van der Waals surface area contributed by atoms with E-state index in [9.17, 15) is 4.39 Å². The summed E-state index contributed by atoms with van der Waals surface area (Å²) in [6.07, 6.45) is 4.48. The highest BCUT2D eigenvalue weighted by molar-refractivity contribution is 4.95. The van der Waals surface area contributed by atoms with Gasteiger partial charge >= 0.3 is 0 Å². The Bertz CT molecular complexity index is 188. The van der Waals surface area contributed by atoms with E-state index in [1.807, 2.05) is 0 Å². The Morgan fingerprint density at radius 1 is 1.50 bits per heavy atom. The molecule has 0 aliphatic heterocycles. The van der Waals surface area contributed by atoms with Crippen molar-refractivity contribution in [3.8, 4) is 0 Å². The molecule has 2 heteroatoms. The topological polar surface area (TPSA) is 12.0 Å². The Morgan fingerprint density at radius 3 is 2.57 bits per heavy atom. The van der Waals surface area contributed by atoms with Crippen LogP contribution in [0.15, 0.2) is 12.3 Å². The minimum Gasteiger partial charge on any atom is -0.389 e. The smallest absolute Gasteiger partial charge is 0.108 e. The van der Waals surface area contributed by atoms with E-state index in [0.717, 1.165) is 44.3 Å². The highest BCUT2D eigenvalue weighted by Crippen LogP contribution is 2.36. The van der Waals surface area contributed by atoms with E-state index in [4.69, 9.17) is 0 Å². The molecule has 0 heterocycles. The summed E-state index contributed by atoms with van der Waals surface area (Å²) < 4.78 is 13.5. The van der Waals surface area contributed by atoms with Gasteiger partial charge in [0.15, 0.2) is 0 Å². The van der Waals surface area contributed by atoms with Crippen LogP contribution in [0.3, 0.4) is 0 Å². The number of allylic oxidation sites excluding steroid dienone is 1. The third-order valence-corrected chi connectivity index (χ3v) is 3.11. The molecule has 0 radical (unpaired) electrons. The van der Waals surface area contributed by atoms with Gasteiger partial charge < -0.3 is 5.32 Å². The van der Waals surface area contributed by atoms with Crippen molar-refractivity contribution in [1.82, 2.24) is 5.32 Å². The van der Waals surface area contributed by atoms with Crippen LogP contribution in [0.5, 0.6) is 0 Å². The summed E-state index contributed by atoms with van der Waals surface area (Å²) in [5.74, 6) is 0.644. The maximum absolute atomic E-state index is 13.5. The first-order chi connectivity index (χ1) is 6.53. The summed E-state index contributed by atoms with van der Waals surface area (Å²) in [5.41, 5.74) is 0.204. The molecular formula is C12H22FN. The molecule has 0 aromatic heterocycles. The maximum atomic E-state index is 13.5. The normalized spacial score (nSPS) is 32.6. The fourth-order valence-electron chi connectivity index (χ4n) is 2.15. The lowest BCUT2D eigenvalue weighted by molar-refractivity contribution is 0.103. The van der Waals surface area contributed by atoms with Gasteiger partial charge in [-0.05, 0) is 51.9 Å². The number of nitrogens with one attached hydrogen (secondary N) is 1. The largest absolute Gasteiger partial charge is 0.389 e. The van der Waals surface area contributed by atoms with E-state index in [0.29, 0.717) is 5.92 Å². The van der Waals surface area contributed by atoms with E-state index in [1.165, 1.54) is 0 Å². The van der Waals surface area contributed by atoms with Gasteiger partial charge in [0.2, 0.25) is 0 Å². The monoisotopic (exact) mass is 199 g/mol. The Balaban J connectivity index is 2.25.